The Bertz CT molecular complexity index is 404. The summed E-state index contributed by atoms with van der Waals surface area (Å²) in [5, 5.41) is 9.16. The Labute approximate surface area is 102 Å². The molecule has 1 rings (SSSR count). The van der Waals surface area contributed by atoms with Crippen molar-refractivity contribution < 1.29 is 14.6 Å². The second-order valence-electron chi connectivity index (χ2n) is 4.05. The Morgan fingerprint density at radius 1 is 1.53 bits per heavy atom. The van der Waals surface area contributed by atoms with Gasteiger partial charge in [0.25, 0.3) is 0 Å². The van der Waals surface area contributed by atoms with E-state index in [4.69, 9.17) is 9.84 Å². The number of ether oxygens (including phenoxy) is 1. The third kappa shape index (κ3) is 2.77. The van der Waals surface area contributed by atoms with Crippen molar-refractivity contribution in [1.29, 1.82) is 0 Å². The molecule has 4 nitrogen and oxygen atoms in total. The van der Waals surface area contributed by atoms with Gasteiger partial charge in [0.1, 0.15) is 5.75 Å². The first-order chi connectivity index (χ1) is 8.02. The number of ketones is 1. The lowest BCUT2D eigenvalue weighted by atomic mass is 10.1. The largest absolute Gasteiger partial charge is 0.496 e. The SMILES string of the molecule is COc1cccc(N(C)C(C)CO)c1C(C)=O. The zero-order valence-corrected chi connectivity index (χ0v) is 10.7. The summed E-state index contributed by atoms with van der Waals surface area (Å²) in [6.07, 6.45) is 0. The fraction of sp³-hybridized carbons (Fsp3) is 0.462. The third-order valence-electron chi connectivity index (χ3n) is 2.88. The summed E-state index contributed by atoms with van der Waals surface area (Å²) in [7, 11) is 3.39. The maximum atomic E-state index is 11.7. The zero-order valence-electron chi connectivity index (χ0n) is 10.7. The topological polar surface area (TPSA) is 49.8 Å². The summed E-state index contributed by atoms with van der Waals surface area (Å²) >= 11 is 0. The number of carbonyl (C=O) groups is 1. The van der Waals surface area contributed by atoms with Crippen molar-refractivity contribution in [3.05, 3.63) is 23.8 Å². The lowest BCUT2D eigenvalue weighted by Gasteiger charge is -2.27. The maximum Gasteiger partial charge on any atom is 0.165 e. The van der Waals surface area contributed by atoms with Crippen molar-refractivity contribution in [1.82, 2.24) is 0 Å². The number of carbonyl (C=O) groups excluding carboxylic acids is 1. The summed E-state index contributed by atoms with van der Waals surface area (Å²) in [6.45, 7) is 3.44. The Kier molecular flexibility index (Phi) is 4.52. The average Bonchev–Trinajstić information content (AvgIpc) is 2.35. The van der Waals surface area contributed by atoms with Gasteiger partial charge in [-0.25, -0.2) is 0 Å². The van der Waals surface area contributed by atoms with E-state index in [-0.39, 0.29) is 18.4 Å². The second kappa shape index (κ2) is 5.68. The van der Waals surface area contributed by atoms with Crippen LogP contribution in [0.1, 0.15) is 24.2 Å². The molecule has 1 unspecified atom stereocenters. The molecule has 1 atom stereocenters. The van der Waals surface area contributed by atoms with Crippen LogP contribution < -0.4 is 9.64 Å². The van der Waals surface area contributed by atoms with Crippen molar-refractivity contribution in [3.8, 4) is 5.75 Å². The van der Waals surface area contributed by atoms with E-state index in [9.17, 15) is 4.79 Å². The van der Waals surface area contributed by atoms with E-state index < -0.39 is 0 Å². The number of rotatable bonds is 5. The van der Waals surface area contributed by atoms with Gasteiger partial charge < -0.3 is 14.7 Å². The predicted octanol–water partition coefficient (Wildman–Crippen LogP) is 1.71. The molecule has 0 saturated heterocycles. The molecule has 0 aliphatic carbocycles. The van der Waals surface area contributed by atoms with Gasteiger partial charge in [0, 0.05) is 13.1 Å². The minimum absolute atomic E-state index is 0.0328. The number of aliphatic hydroxyl groups excluding tert-OH is 1. The molecule has 0 spiro atoms. The number of hydrogen-bond acceptors (Lipinski definition) is 4. The molecular formula is C13H19NO3. The zero-order chi connectivity index (χ0) is 13.0. The van der Waals surface area contributed by atoms with Gasteiger partial charge in [-0.1, -0.05) is 6.07 Å². The van der Waals surface area contributed by atoms with Gasteiger partial charge in [-0.2, -0.15) is 0 Å². The Morgan fingerprint density at radius 2 is 2.18 bits per heavy atom. The first-order valence-corrected chi connectivity index (χ1v) is 5.54. The van der Waals surface area contributed by atoms with Crippen molar-refractivity contribution in [2.45, 2.75) is 19.9 Å². The van der Waals surface area contributed by atoms with Gasteiger partial charge in [-0.05, 0) is 26.0 Å². The van der Waals surface area contributed by atoms with Crippen LogP contribution in [0, 0.1) is 0 Å². The lowest BCUT2D eigenvalue weighted by molar-refractivity contribution is 0.101. The minimum Gasteiger partial charge on any atom is -0.496 e. The molecule has 0 amide bonds. The van der Waals surface area contributed by atoms with Gasteiger partial charge in [-0.3, -0.25) is 4.79 Å². The van der Waals surface area contributed by atoms with Crippen LogP contribution in [-0.4, -0.2) is 37.7 Å². The first-order valence-electron chi connectivity index (χ1n) is 5.54. The molecule has 0 fully saturated rings. The van der Waals surface area contributed by atoms with E-state index in [0.29, 0.717) is 11.3 Å². The Morgan fingerprint density at radius 3 is 2.65 bits per heavy atom. The highest BCUT2D eigenvalue weighted by Crippen LogP contribution is 2.30. The highest BCUT2D eigenvalue weighted by Gasteiger charge is 2.18. The van der Waals surface area contributed by atoms with Crippen LogP contribution >= 0.6 is 0 Å². The van der Waals surface area contributed by atoms with E-state index in [1.165, 1.54) is 6.92 Å². The number of hydrogen-bond donors (Lipinski definition) is 1. The summed E-state index contributed by atoms with van der Waals surface area (Å²) < 4.78 is 5.20. The van der Waals surface area contributed by atoms with Crippen molar-refractivity contribution in [2.75, 3.05) is 25.7 Å². The van der Waals surface area contributed by atoms with Crippen molar-refractivity contribution in [2.24, 2.45) is 0 Å². The van der Waals surface area contributed by atoms with Crippen LogP contribution in [0.4, 0.5) is 5.69 Å². The van der Waals surface area contributed by atoms with E-state index in [0.717, 1.165) is 5.69 Å². The van der Waals surface area contributed by atoms with Crippen LogP contribution in [0.2, 0.25) is 0 Å². The Balaban J connectivity index is 3.27. The lowest BCUT2D eigenvalue weighted by Crippen LogP contribution is -2.32. The van der Waals surface area contributed by atoms with Gasteiger partial charge in [0.05, 0.1) is 25.0 Å². The number of benzene rings is 1. The monoisotopic (exact) mass is 237 g/mol. The number of likely N-dealkylation sites (N-methyl/N-ethyl adjacent to an activating group) is 1. The fourth-order valence-electron chi connectivity index (χ4n) is 1.70. The molecule has 0 aromatic heterocycles. The normalized spacial score (nSPS) is 12.1. The average molecular weight is 237 g/mol. The van der Waals surface area contributed by atoms with E-state index in [2.05, 4.69) is 0 Å². The molecule has 0 radical (unpaired) electrons. The van der Waals surface area contributed by atoms with Crippen LogP contribution in [0.3, 0.4) is 0 Å². The molecule has 94 valence electrons. The van der Waals surface area contributed by atoms with E-state index in [1.807, 2.05) is 31.0 Å². The van der Waals surface area contributed by atoms with Crippen LogP contribution in [0.25, 0.3) is 0 Å². The summed E-state index contributed by atoms with van der Waals surface area (Å²) in [6, 6.07) is 5.39. The molecule has 1 aromatic carbocycles. The molecule has 0 aliphatic rings. The Hall–Kier alpha value is -1.55. The number of methoxy groups -OCH3 is 1. The molecule has 1 N–H and O–H groups in total. The van der Waals surface area contributed by atoms with Crippen molar-refractivity contribution >= 4 is 11.5 Å². The molecule has 4 heteroatoms. The maximum absolute atomic E-state index is 11.7. The minimum atomic E-state index is -0.0554. The molecule has 0 saturated carbocycles. The van der Waals surface area contributed by atoms with Gasteiger partial charge in [-0.15, -0.1) is 0 Å². The smallest absolute Gasteiger partial charge is 0.165 e. The molecule has 17 heavy (non-hydrogen) atoms. The van der Waals surface area contributed by atoms with E-state index in [1.54, 1.807) is 13.2 Å². The number of Topliss-reactive ketones (excluding diaryl/α,β-unsaturated/α-hetero) is 1. The van der Waals surface area contributed by atoms with Crippen LogP contribution in [0.15, 0.2) is 18.2 Å². The highest BCUT2D eigenvalue weighted by atomic mass is 16.5. The van der Waals surface area contributed by atoms with Gasteiger partial charge in [0.15, 0.2) is 5.78 Å². The summed E-state index contributed by atoms with van der Waals surface area (Å²) in [5.41, 5.74) is 1.33. The predicted molar refractivity (Wildman–Crippen MR) is 67.9 cm³/mol. The van der Waals surface area contributed by atoms with Crippen LogP contribution in [-0.2, 0) is 0 Å². The summed E-state index contributed by atoms with van der Waals surface area (Å²) in [4.78, 5) is 13.6. The van der Waals surface area contributed by atoms with Gasteiger partial charge in [0.2, 0.25) is 0 Å². The molecule has 0 aliphatic heterocycles. The third-order valence-corrected chi connectivity index (χ3v) is 2.88. The number of anilines is 1. The van der Waals surface area contributed by atoms with E-state index >= 15 is 0 Å². The van der Waals surface area contributed by atoms with Crippen LogP contribution in [0.5, 0.6) is 5.75 Å². The molecule has 0 heterocycles. The summed E-state index contributed by atoms with van der Waals surface area (Å²) in [5.74, 6) is 0.515. The highest BCUT2D eigenvalue weighted by molar-refractivity contribution is 6.02. The standard InChI is InChI=1S/C13H19NO3/c1-9(8-15)14(3)11-6-5-7-12(17-4)13(11)10(2)16/h5-7,9,15H,8H2,1-4H3. The first kappa shape index (κ1) is 13.5. The molecular weight excluding hydrogens is 218 g/mol. The second-order valence-corrected chi connectivity index (χ2v) is 4.05. The quantitative estimate of drug-likeness (QED) is 0.792. The van der Waals surface area contributed by atoms with Crippen molar-refractivity contribution in [3.63, 3.8) is 0 Å². The number of nitrogens with zero attached hydrogens (tertiary/aromatic N) is 1. The molecule has 0 bridgehead atoms. The fourth-order valence-corrected chi connectivity index (χ4v) is 1.70. The number of aliphatic hydroxyl groups is 1. The molecule has 1 aromatic rings. The van der Waals surface area contributed by atoms with Gasteiger partial charge >= 0.3 is 0 Å².